The highest BCUT2D eigenvalue weighted by atomic mass is 14.9. The van der Waals surface area contributed by atoms with Gasteiger partial charge in [0.25, 0.3) is 0 Å². The molecule has 3 aromatic rings. The first-order chi connectivity index (χ1) is 20.4. The summed E-state index contributed by atoms with van der Waals surface area (Å²) in [6.45, 7) is 22.7. The van der Waals surface area contributed by atoms with Gasteiger partial charge in [-0.2, -0.15) is 0 Å². The molecule has 0 amide bonds. The third kappa shape index (κ3) is 8.57. The van der Waals surface area contributed by atoms with Crippen LogP contribution in [0.25, 0.3) is 11.4 Å². The molecule has 1 heterocycles. The van der Waals surface area contributed by atoms with Crippen LogP contribution in [0.1, 0.15) is 94.7 Å². The SMILES string of the molecule is C=CC(C/C=C(\NC/C(C)=C1\N=C(c2ccc(C)cc2)c2ccccc21)c1ccc(C(C)(C)C)cc1)C/C=C/C(C)(C)C. The molecule has 0 aromatic heterocycles. The van der Waals surface area contributed by atoms with E-state index in [-0.39, 0.29) is 10.8 Å². The van der Waals surface area contributed by atoms with Crippen molar-refractivity contribution in [2.45, 2.75) is 73.6 Å². The maximum Gasteiger partial charge on any atom is 0.0788 e. The lowest BCUT2D eigenvalue weighted by Crippen LogP contribution is -2.16. The van der Waals surface area contributed by atoms with Gasteiger partial charge in [-0.3, -0.25) is 0 Å². The van der Waals surface area contributed by atoms with Gasteiger partial charge in [0.2, 0.25) is 0 Å². The summed E-state index contributed by atoms with van der Waals surface area (Å²) in [6, 6.07) is 26.3. The fourth-order valence-corrected chi connectivity index (χ4v) is 5.29. The van der Waals surface area contributed by atoms with Gasteiger partial charge in [0.15, 0.2) is 0 Å². The summed E-state index contributed by atoms with van der Waals surface area (Å²) in [5.74, 6) is 0.382. The second kappa shape index (κ2) is 13.6. The second-order valence-electron chi connectivity index (χ2n) is 14.0. The predicted octanol–water partition coefficient (Wildman–Crippen LogP) is 10.7. The molecular formula is C41H50N2. The molecule has 0 fully saturated rings. The Balaban J connectivity index is 1.63. The van der Waals surface area contributed by atoms with Crippen molar-refractivity contribution in [1.29, 1.82) is 0 Å². The Morgan fingerprint density at radius 2 is 1.51 bits per heavy atom. The van der Waals surface area contributed by atoms with Gasteiger partial charge in [-0.1, -0.05) is 144 Å². The summed E-state index contributed by atoms with van der Waals surface area (Å²) in [5, 5.41) is 3.81. The maximum atomic E-state index is 5.20. The molecule has 0 saturated heterocycles. The first kappa shape index (κ1) is 32.0. The van der Waals surface area contributed by atoms with Gasteiger partial charge in [-0.15, -0.1) is 6.58 Å². The van der Waals surface area contributed by atoms with Crippen molar-refractivity contribution in [2.75, 3.05) is 6.54 Å². The molecule has 0 spiro atoms. The maximum absolute atomic E-state index is 5.20. The lowest BCUT2D eigenvalue weighted by Gasteiger charge is -2.20. The van der Waals surface area contributed by atoms with Crippen LogP contribution in [0, 0.1) is 18.3 Å². The van der Waals surface area contributed by atoms with Crippen molar-refractivity contribution in [1.82, 2.24) is 5.32 Å². The minimum Gasteiger partial charge on any atom is -0.381 e. The van der Waals surface area contributed by atoms with E-state index in [2.05, 4.69) is 164 Å². The van der Waals surface area contributed by atoms with Gasteiger partial charge >= 0.3 is 0 Å². The number of fused-ring (bicyclic) bond motifs is 1. The van der Waals surface area contributed by atoms with Gasteiger partial charge in [0, 0.05) is 28.9 Å². The molecule has 0 bridgehead atoms. The number of allylic oxidation sites excluding steroid dienone is 4. The topological polar surface area (TPSA) is 24.4 Å². The number of hydrogen-bond donors (Lipinski definition) is 1. The van der Waals surface area contributed by atoms with E-state index in [9.17, 15) is 0 Å². The molecule has 3 aromatic carbocycles. The average Bonchev–Trinajstić information content (AvgIpc) is 3.35. The quantitative estimate of drug-likeness (QED) is 0.241. The molecule has 0 aliphatic carbocycles. The smallest absolute Gasteiger partial charge is 0.0788 e. The van der Waals surface area contributed by atoms with Crippen LogP contribution in [0.2, 0.25) is 0 Å². The Kier molecular flexibility index (Phi) is 10.1. The Morgan fingerprint density at radius 3 is 2.12 bits per heavy atom. The number of nitrogens with zero attached hydrogens (tertiary/aromatic N) is 1. The van der Waals surface area contributed by atoms with Crippen LogP contribution in [-0.2, 0) is 5.41 Å². The third-order valence-corrected chi connectivity index (χ3v) is 8.01. The first-order valence-corrected chi connectivity index (χ1v) is 15.7. The molecule has 224 valence electrons. The highest BCUT2D eigenvalue weighted by molar-refractivity contribution is 6.20. The van der Waals surface area contributed by atoms with Crippen LogP contribution >= 0.6 is 0 Å². The van der Waals surface area contributed by atoms with Crippen LogP contribution in [0.3, 0.4) is 0 Å². The molecule has 0 saturated carbocycles. The van der Waals surface area contributed by atoms with Crippen LogP contribution in [-0.4, -0.2) is 12.3 Å². The van der Waals surface area contributed by atoms with Crippen molar-refractivity contribution in [2.24, 2.45) is 16.3 Å². The molecule has 1 N–H and O–H groups in total. The summed E-state index contributed by atoms with van der Waals surface area (Å²) >= 11 is 0. The highest BCUT2D eigenvalue weighted by Crippen LogP contribution is 2.34. The first-order valence-electron chi connectivity index (χ1n) is 15.7. The molecule has 4 rings (SSSR count). The van der Waals surface area contributed by atoms with E-state index in [4.69, 9.17) is 4.99 Å². The van der Waals surface area contributed by atoms with E-state index in [0.717, 1.165) is 35.5 Å². The van der Waals surface area contributed by atoms with E-state index in [1.807, 2.05) is 0 Å². The molecule has 2 nitrogen and oxygen atoms in total. The summed E-state index contributed by atoms with van der Waals surface area (Å²) < 4.78 is 0. The van der Waals surface area contributed by atoms with E-state index in [1.165, 1.54) is 33.4 Å². The predicted molar refractivity (Wildman–Crippen MR) is 188 cm³/mol. The van der Waals surface area contributed by atoms with Gasteiger partial charge in [-0.25, -0.2) is 4.99 Å². The number of benzene rings is 3. The zero-order chi connectivity index (χ0) is 31.2. The molecule has 43 heavy (non-hydrogen) atoms. The fraction of sp³-hybridized carbons (Fsp3) is 0.341. The standard InChI is InChI=1S/C41H50N2/c1-10-31(14-13-27-40(4,5)6)19-26-37(32-22-24-34(25-23-32)41(7,8)9)42-28-30(3)38-35-15-11-12-16-36(35)39(43-38)33-20-17-29(2)18-21-33/h10-13,15-18,20-27,31,42H,1,14,19,28H2,2-9H3/b27-13+,37-26-,38-30-. The van der Waals surface area contributed by atoms with Crippen LogP contribution in [0.4, 0.5) is 0 Å². The van der Waals surface area contributed by atoms with Gasteiger partial charge in [-0.05, 0) is 60.1 Å². The monoisotopic (exact) mass is 570 g/mol. The van der Waals surface area contributed by atoms with Crippen molar-refractivity contribution in [3.8, 4) is 0 Å². The molecule has 0 radical (unpaired) electrons. The normalized spacial score (nSPS) is 15.7. The van der Waals surface area contributed by atoms with E-state index in [0.29, 0.717) is 12.5 Å². The summed E-state index contributed by atoms with van der Waals surface area (Å²) in [6.07, 6.45) is 11.0. The van der Waals surface area contributed by atoms with E-state index < -0.39 is 0 Å². The van der Waals surface area contributed by atoms with Crippen molar-refractivity contribution < 1.29 is 0 Å². The number of aryl methyl sites for hydroxylation is 1. The fourth-order valence-electron chi connectivity index (χ4n) is 5.29. The minimum absolute atomic E-state index is 0.118. The Hall–Kier alpha value is -3.91. The van der Waals surface area contributed by atoms with E-state index in [1.54, 1.807) is 0 Å². The van der Waals surface area contributed by atoms with Crippen LogP contribution in [0.5, 0.6) is 0 Å². The molecule has 1 aliphatic rings. The van der Waals surface area contributed by atoms with Gasteiger partial charge in [0.1, 0.15) is 0 Å². The number of nitrogens with one attached hydrogen (secondary N) is 1. The number of aliphatic imine (C=N–C) groups is 1. The van der Waals surface area contributed by atoms with Gasteiger partial charge < -0.3 is 5.32 Å². The summed E-state index contributed by atoms with van der Waals surface area (Å²) in [7, 11) is 0. The van der Waals surface area contributed by atoms with Crippen molar-refractivity contribution >= 4 is 17.1 Å². The van der Waals surface area contributed by atoms with E-state index >= 15 is 0 Å². The average molecular weight is 571 g/mol. The molecule has 1 aliphatic heterocycles. The van der Waals surface area contributed by atoms with Crippen molar-refractivity contribution in [3.05, 3.63) is 143 Å². The minimum atomic E-state index is 0.118. The van der Waals surface area contributed by atoms with Crippen LogP contribution in [0.15, 0.2) is 114 Å². The second-order valence-corrected chi connectivity index (χ2v) is 14.0. The zero-order valence-corrected chi connectivity index (χ0v) is 27.6. The van der Waals surface area contributed by atoms with Crippen molar-refractivity contribution in [3.63, 3.8) is 0 Å². The zero-order valence-electron chi connectivity index (χ0n) is 27.6. The molecule has 1 unspecified atom stereocenters. The number of rotatable bonds is 10. The van der Waals surface area contributed by atoms with Gasteiger partial charge in [0.05, 0.1) is 11.4 Å². The molecular weight excluding hydrogens is 520 g/mol. The Labute approximate surface area is 261 Å². The molecule has 2 heteroatoms. The van der Waals surface area contributed by atoms with Crippen LogP contribution < -0.4 is 5.32 Å². The Bertz CT molecular complexity index is 1530. The Morgan fingerprint density at radius 1 is 0.860 bits per heavy atom. The summed E-state index contributed by atoms with van der Waals surface area (Å²) in [4.78, 5) is 5.20. The lowest BCUT2D eigenvalue weighted by molar-refractivity contribution is 0.538. The lowest BCUT2D eigenvalue weighted by atomic mass is 9.86. The largest absolute Gasteiger partial charge is 0.381 e. The molecule has 1 atom stereocenters. The summed E-state index contributed by atoms with van der Waals surface area (Å²) in [5.41, 5.74) is 12.2. The highest BCUT2D eigenvalue weighted by Gasteiger charge is 2.23. The number of hydrogen-bond acceptors (Lipinski definition) is 2. The third-order valence-electron chi connectivity index (χ3n) is 8.01.